The van der Waals surface area contributed by atoms with Crippen molar-refractivity contribution in [3.8, 4) is 5.75 Å². The fourth-order valence-corrected chi connectivity index (χ4v) is 1.78. The van der Waals surface area contributed by atoms with Crippen molar-refractivity contribution in [2.75, 3.05) is 19.0 Å². The number of methoxy groups -OCH3 is 1. The van der Waals surface area contributed by atoms with Gasteiger partial charge in [0.05, 0.1) is 7.11 Å². The standard InChI is InChI=1S/C16H17NO7/c1-16(2)23-14(19)12(15(20)24-16)8-17-10-4-6-11(7-5-10)22-9-13(18)21-3/h4-8,17H,9H2,1-3H3. The van der Waals surface area contributed by atoms with Crippen molar-refractivity contribution in [3.05, 3.63) is 36.0 Å². The summed E-state index contributed by atoms with van der Waals surface area (Å²) in [5, 5.41) is 2.79. The Balaban J connectivity index is 1.98. The van der Waals surface area contributed by atoms with Crippen LogP contribution in [0.15, 0.2) is 36.0 Å². The summed E-state index contributed by atoms with van der Waals surface area (Å²) in [6.07, 6.45) is 1.21. The summed E-state index contributed by atoms with van der Waals surface area (Å²) in [5.74, 6) is -2.82. The van der Waals surface area contributed by atoms with Gasteiger partial charge in [-0.15, -0.1) is 0 Å². The molecule has 0 amide bonds. The van der Waals surface area contributed by atoms with Gasteiger partial charge in [-0.05, 0) is 24.3 Å². The number of cyclic esters (lactones) is 2. The molecule has 1 aliphatic heterocycles. The zero-order chi connectivity index (χ0) is 17.7. The van der Waals surface area contributed by atoms with Crippen molar-refractivity contribution in [2.45, 2.75) is 19.6 Å². The lowest BCUT2D eigenvalue weighted by Gasteiger charge is -2.29. The molecule has 8 nitrogen and oxygen atoms in total. The van der Waals surface area contributed by atoms with Gasteiger partial charge in [-0.25, -0.2) is 14.4 Å². The number of hydrogen-bond donors (Lipinski definition) is 1. The molecular weight excluding hydrogens is 318 g/mol. The van der Waals surface area contributed by atoms with Crippen LogP contribution < -0.4 is 10.1 Å². The molecule has 0 radical (unpaired) electrons. The van der Waals surface area contributed by atoms with Crippen molar-refractivity contribution < 1.29 is 33.3 Å². The molecule has 1 aromatic carbocycles. The monoisotopic (exact) mass is 335 g/mol. The van der Waals surface area contributed by atoms with Crippen molar-refractivity contribution in [1.29, 1.82) is 0 Å². The zero-order valence-corrected chi connectivity index (χ0v) is 13.5. The van der Waals surface area contributed by atoms with Crippen LogP contribution >= 0.6 is 0 Å². The summed E-state index contributed by atoms with van der Waals surface area (Å²) >= 11 is 0. The number of carbonyl (C=O) groups is 3. The van der Waals surface area contributed by atoms with E-state index in [9.17, 15) is 14.4 Å². The van der Waals surface area contributed by atoms with Gasteiger partial charge in [0.15, 0.2) is 12.2 Å². The number of esters is 3. The first-order valence-electron chi connectivity index (χ1n) is 7.04. The van der Waals surface area contributed by atoms with Crippen molar-refractivity contribution in [1.82, 2.24) is 0 Å². The second-order valence-electron chi connectivity index (χ2n) is 5.27. The van der Waals surface area contributed by atoms with E-state index in [1.807, 2.05) is 0 Å². The van der Waals surface area contributed by atoms with E-state index in [2.05, 4.69) is 10.1 Å². The minimum Gasteiger partial charge on any atom is -0.482 e. The van der Waals surface area contributed by atoms with Gasteiger partial charge in [0.2, 0.25) is 0 Å². The third kappa shape index (κ3) is 4.48. The highest BCUT2D eigenvalue weighted by Gasteiger charge is 2.38. The van der Waals surface area contributed by atoms with Gasteiger partial charge in [-0.1, -0.05) is 0 Å². The van der Waals surface area contributed by atoms with Crippen LogP contribution in [0.4, 0.5) is 5.69 Å². The van der Waals surface area contributed by atoms with Crippen LogP contribution in [0.2, 0.25) is 0 Å². The van der Waals surface area contributed by atoms with Crippen LogP contribution in [0.25, 0.3) is 0 Å². The van der Waals surface area contributed by atoms with Gasteiger partial charge in [0.1, 0.15) is 5.75 Å². The third-order valence-electron chi connectivity index (χ3n) is 2.94. The molecule has 1 fully saturated rings. The Bertz CT molecular complexity index is 654. The molecule has 1 N–H and O–H groups in total. The van der Waals surface area contributed by atoms with Gasteiger partial charge in [0, 0.05) is 25.7 Å². The predicted octanol–water partition coefficient (Wildman–Crippen LogP) is 1.37. The number of hydrogen-bond acceptors (Lipinski definition) is 8. The molecule has 2 rings (SSSR count). The van der Waals surface area contributed by atoms with Crippen molar-refractivity contribution >= 4 is 23.6 Å². The van der Waals surface area contributed by atoms with Crippen LogP contribution in [0, 0.1) is 0 Å². The summed E-state index contributed by atoms with van der Waals surface area (Å²) < 4.78 is 19.6. The lowest BCUT2D eigenvalue weighted by molar-refractivity contribution is -0.222. The summed E-state index contributed by atoms with van der Waals surface area (Å²) in [6.45, 7) is 2.75. The predicted molar refractivity (Wildman–Crippen MR) is 81.9 cm³/mol. The van der Waals surface area contributed by atoms with E-state index in [0.717, 1.165) is 0 Å². The summed E-state index contributed by atoms with van der Waals surface area (Å²) in [5.41, 5.74) is 0.360. The van der Waals surface area contributed by atoms with E-state index >= 15 is 0 Å². The first-order chi connectivity index (χ1) is 11.3. The van der Waals surface area contributed by atoms with E-state index in [0.29, 0.717) is 11.4 Å². The van der Waals surface area contributed by atoms with Gasteiger partial charge >= 0.3 is 17.9 Å². The lowest BCUT2D eigenvalue weighted by atomic mass is 10.2. The average molecular weight is 335 g/mol. The molecule has 0 aliphatic carbocycles. The number of anilines is 1. The van der Waals surface area contributed by atoms with Crippen LogP contribution in [0.1, 0.15) is 13.8 Å². The first kappa shape index (κ1) is 17.3. The summed E-state index contributed by atoms with van der Waals surface area (Å²) in [7, 11) is 1.27. The molecule has 0 spiro atoms. The fraction of sp³-hybridized carbons (Fsp3) is 0.312. The Kier molecular flexibility index (Phi) is 5.08. The topological polar surface area (TPSA) is 100 Å². The molecule has 24 heavy (non-hydrogen) atoms. The Morgan fingerprint density at radius 1 is 1.17 bits per heavy atom. The van der Waals surface area contributed by atoms with Crippen LogP contribution in [-0.4, -0.2) is 37.4 Å². The molecule has 1 heterocycles. The highest BCUT2D eigenvalue weighted by molar-refractivity contribution is 6.15. The highest BCUT2D eigenvalue weighted by Crippen LogP contribution is 2.23. The van der Waals surface area contributed by atoms with Gasteiger partial charge in [0.25, 0.3) is 5.79 Å². The Morgan fingerprint density at radius 3 is 2.29 bits per heavy atom. The maximum Gasteiger partial charge on any atom is 0.350 e. The molecule has 0 unspecified atom stereocenters. The maximum absolute atomic E-state index is 11.8. The Morgan fingerprint density at radius 2 is 1.75 bits per heavy atom. The highest BCUT2D eigenvalue weighted by atomic mass is 16.7. The molecule has 0 atom stereocenters. The number of benzene rings is 1. The number of ether oxygens (including phenoxy) is 4. The molecule has 0 aromatic heterocycles. The fourth-order valence-electron chi connectivity index (χ4n) is 1.78. The average Bonchev–Trinajstić information content (AvgIpc) is 2.51. The minimum atomic E-state index is -1.27. The lowest BCUT2D eigenvalue weighted by Crippen LogP contribution is -2.42. The quantitative estimate of drug-likeness (QED) is 0.489. The van der Waals surface area contributed by atoms with E-state index in [-0.39, 0.29) is 12.2 Å². The SMILES string of the molecule is COC(=O)COc1ccc(NC=C2C(=O)OC(C)(C)OC2=O)cc1. The number of carbonyl (C=O) groups excluding carboxylic acids is 3. The molecule has 128 valence electrons. The van der Waals surface area contributed by atoms with Crippen LogP contribution in [-0.2, 0) is 28.6 Å². The summed E-state index contributed by atoms with van der Waals surface area (Å²) in [6, 6.07) is 6.52. The normalized spacial score (nSPS) is 15.9. The van der Waals surface area contributed by atoms with E-state index in [1.165, 1.54) is 27.2 Å². The molecule has 1 saturated heterocycles. The number of nitrogens with one attached hydrogen (secondary N) is 1. The van der Waals surface area contributed by atoms with E-state index in [1.54, 1.807) is 24.3 Å². The molecular formula is C16H17NO7. The second kappa shape index (κ2) is 7.03. The van der Waals surface area contributed by atoms with E-state index < -0.39 is 23.7 Å². The molecule has 1 aliphatic rings. The zero-order valence-electron chi connectivity index (χ0n) is 13.5. The van der Waals surface area contributed by atoms with Crippen molar-refractivity contribution in [3.63, 3.8) is 0 Å². The Hall–Kier alpha value is -3.03. The minimum absolute atomic E-state index is 0.194. The van der Waals surface area contributed by atoms with Gasteiger partial charge in [-0.3, -0.25) is 0 Å². The van der Waals surface area contributed by atoms with Crippen LogP contribution in [0.5, 0.6) is 5.75 Å². The molecule has 8 heteroatoms. The molecule has 1 aromatic rings. The van der Waals surface area contributed by atoms with E-state index in [4.69, 9.17) is 14.2 Å². The van der Waals surface area contributed by atoms with Crippen molar-refractivity contribution in [2.24, 2.45) is 0 Å². The Labute approximate surface area is 138 Å². The molecule has 0 bridgehead atoms. The second-order valence-corrected chi connectivity index (χ2v) is 5.27. The first-order valence-corrected chi connectivity index (χ1v) is 7.04. The number of rotatable bonds is 5. The van der Waals surface area contributed by atoms with Crippen LogP contribution in [0.3, 0.4) is 0 Å². The third-order valence-corrected chi connectivity index (χ3v) is 2.94. The molecule has 0 saturated carbocycles. The maximum atomic E-state index is 11.8. The smallest absolute Gasteiger partial charge is 0.350 e. The largest absolute Gasteiger partial charge is 0.482 e. The van der Waals surface area contributed by atoms with Gasteiger partial charge in [-0.2, -0.15) is 0 Å². The van der Waals surface area contributed by atoms with Gasteiger partial charge < -0.3 is 24.3 Å². The summed E-state index contributed by atoms with van der Waals surface area (Å²) in [4.78, 5) is 34.5.